The summed E-state index contributed by atoms with van der Waals surface area (Å²) in [5, 5.41) is 14.6. The van der Waals surface area contributed by atoms with Crippen molar-refractivity contribution in [2.75, 3.05) is 0 Å². The van der Waals surface area contributed by atoms with E-state index in [4.69, 9.17) is 23.2 Å². The molecular formula is C8H9ClN4O2S. The monoisotopic (exact) mass is 260 g/mol. The number of thioether (sulfide) groups is 1. The molecule has 0 heterocycles. The average molecular weight is 261 g/mol. The van der Waals surface area contributed by atoms with Crippen LogP contribution in [0.15, 0.2) is 23.3 Å². The Morgan fingerprint density at radius 1 is 1.62 bits per heavy atom. The van der Waals surface area contributed by atoms with E-state index in [1.807, 2.05) is 0 Å². The van der Waals surface area contributed by atoms with Gasteiger partial charge in [-0.15, -0.1) is 0 Å². The first-order valence-corrected chi connectivity index (χ1v) is 5.50. The van der Waals surface area contributed by atoms with Gasteiger partial charge in [-0.2, -0.15) is 5.10 Å². The molecular weight excluding hydrogens is 252 g/mol. The summed E-state index contributed by atoms with van der Waals surface area (Å²) in [5.41, 5.74) is 5.85. The number of benzene rings is 1. The summed E-state index contributed by atoms with van der Waals surface area (Å²) in [6.07, 6.45) is 0. The molecule has 8 heteroatoms. The van der Waals surface area contributed by atoms with Crippen molar-refractivity contribution in [3.05, 3.63) is 38.9 Å². The number of hydrazone groups is 1. The molecule has 0 radical (unpaired) electrons. The molecule has 86 valence electrons. The highest BCUT2D eigenvalue weighted by molar-refractivity contribution is 8.13. The van der Waals surface area contributed by atoms with E-state index in [-0.39, 0.29) is 10.9 Å². The number of nitro benzene ring substituents is 1. The number of nitrogens with two attached hydrogens (primary N) is 2. The maximum Gasteiger partial charge on any atom is 0.273 e. The minimum absolute atomic E-state index is 0.00159. The van der Waals surface area contributed by atoms with Crippen LogP contribution in [0, 0.1) is 10.1 Å². The van der Waals surface area contributed by atoms with Crippen molar-refractivity contribution in [1.82, 2.24) is 0 Å². The van der Waals surface area contributed by atoms with Crippen LogP contribution in [0.5, 0.6) is 0 Å². The number of rotatable bonds is 3. The SMILES string of the molecule is NN=C(N)SCc1cc(Cl)ccc1[N+](=O)[O-]. The summed E-state index contributed by atoms with van der Waals surface area (Å²) in [7, 11) is 0. The van der Waals surface area contributed by atoms with Gasteiger partial charge in [0.15, 0.2) is 5.17 Å². The summed E-state index contributed by atoms with van der Waals surface area (Å²) >= 11 is 6.86. The van der Waals surface area contributed by atoms with Gasteiger partial charge in [0.25, 0.3) is 5.69 Å². The predicted octanol–water partition coefficient (Wildman–Crippen LogP) is 1.67. The van der Waals surface area contributed by atoms with E-state index < -0.39 is 4.92 Å². The highest BCUT2D eigenvalue weighted by atomic mass is 35.5. The minimum atomic E-state index is -0.470. The third-order valence-electron chi connectivity index (χ3n) is 1.74. The van der Waals surface area contributed by atoms with Crippen molar-refractivity contribution >= 4 is 34.2 Å². The summed E-state index contributed by atoms with van der Waals surface area (Å²) in [6.45, 7) is 0. The van der Waals surface area contributed by atoms with Gasteiger partial charge < -0.3 is 11.6 Å². The van der Waals surface area contributed by atoms with Crippen LogP contribution in [0.4, 0.5) is 5.69 Å². The van der Waals surface area contributed by atoms with Crippen molar-refractivity contribution in [1.29, 1.82) is 0 Å². The van der Waals surface area contributed by atoms with Crippen LogP contribution in [0.25, 0.3) is 0 Å². The summed E-state index contributed by atoms with van der Waals surface area (Å²) in [5.74, 6) is 5.24. The largest absolute Gasteiger partial charge is 0.377 e. The molecule has 0 atom stereocenters. The molecule has 0 saturated carbocycles. The van der Waals surface area contributed by atoms with E-state index in [9.17, 15) is 10.1 Å². The predicted molar refractivity (Wildman–Crippen MR) is 65.2 cm³/mol. The highest BCUT2D eigenvalue weighted by Gasteiger charge is 2.14. The smallest absolute Gasteiger partial charge is 0.273 e. The zero-order chi connectivity index (χ0) is 12.1. The Bertz CT molecular complexity index is 438. The minimum Gasteiger partial charge on any atom is -0.377 e. The van der Waals surface area contributed by atoms with Gasteiger partial charge in [0.05, 0.1) is 4.92 Å². The Morgan fingerprint density at radius 2 is 2.31 bits per heavy atom. The van der Waals surface area contributed by atoms with Gasteiger partial charge in [0, 0.05) is 22.4 Å². The zero-order valence-electron chi connectivity index (χ0n) is 8.09. The average Bonchev–Trinajstić information content (AvgIpc) is 2.25. The number of nitrogens with zero attached hydrogens (tertiary/aromatic N) is 2. The lowest BCUT2D eigenvalue weighted by molar-refractivity contribution is -0.385. The molecule has 0 saturated heterocycles. The van der Waals surface area contributed by atoms with Crippen molar-refractivity contribution < 1.29 is 4.92 Å². The van der Waals surface area contributed by atoms with Crippen molar-refractivity contribution in [2.45, 2.75) is 5.75 Å². The number of hydrogen-bond acceptors (Lipinski definition) is 5. The van der Waals surface area contributed by atoms with Gasteiger partial charge in [-0.05, 0) is 12.1 Å². The second-order valence-corrected chi connectivity index (χ2v) is 4.22. The molecule has 0 fully saturated rings. The van der Waals surface area contributed by atoms with Crippen LogP contribution in [-0.4, -0.2) is 10.1 Å². The number of amidine groups is 1. The highest BCUT2D eigenvalue weighted by Crippen LogP contribution is 2.26. The second-order valence-electron chi connectivity index (χ2n) is 2.79. The lowest BCUT2D eigenvalue weighted by Gasteiger charge is -2.02. The molecule has 16 heavy (non-hydrogen) atoms. The van der Waals surface area contributed by atoms with Gasteiger partial charge in [-0.1, -0.05) is 23.4 Å². The Balaban J connectivity index is 2.92. The van der Waals surface area contributed by atoms with Crippen LogP contribution >= 0.6 is 23.4 Å². The first-order chi connectivity index (χ1) is 7.54. The lowest BCUT2D eigenvalue weighted by Crippen LogP contribution is -2.09. The van der Waals surface area contributed by atoms with Crippen molar-refractivity contribution in [3.8, 4) is 0 Å². The fourth-order valence-corrected chi connectivity index (χ4v) is 1.84. The molecule has 1 rings (SSSR count). The van der Waals surface area contributed by atoms with E-state index in [1.165, 1.54) is 18.2 Å². The maximum atomic E-state index is 10.7. The Kier molecular flexibility index (Phi) is 4.39. The quantitative estimate of drug-likeness (QED) is 0.283. The summed E-state index contributed by atoms with van der Waals surface area (Å²) < 4.78 is 0. The molecule has 0 amide bonds. The third-order valence-corrected chi connectivity index (χ3v) is 2.83. The molecule has 0 aliphatic rings. The fourth-order valence-electron chi connectivity index (χ4n) is 1.04. The fraction of sp³-hybridized carbons (Fsp3) is 0.125. The third kappa shape index (κ3) is 3.28. The van der Waals surface area contributed by atoms with Gasteiger partial charge >= 0.3 is 0 Å². The van der Waals surface area contributed by atoms with E-state index in [1.54, 1.807) is 0 Å². The molecule has 0 spiro atoms. The second kappa shape index (κ2) is 5.57. The molecule has 0 unspecified atom stereocenters. The van der Waals surface area contributed by atoms with Gasteiger partial charge in [0.2, 0.25) is 0 Å². The van der Waals surface area contributed by atoms with Crippen LogP contribution in [0.3, 0.4) is 0 Å². The molecule has 4 N–H and O–H groups in total. The van der Waals surface area contributed by atoms with Crippen LogP contribution < -0.4 is 11.6 Å². The Hall–Kier alpha value is -1.47. The molecule has 0 bridgehead atoms. The van der Waals surface area contributed by atoms with Gasteiger partial charge in [-0.3, -0.25) is 10.1 Å². The standard InChI is InChI=1S/C8H9ClN4O2S/c9-6-1-2-7(13(14)15)5(3-6)4-16-8(10)12-11/h1-3H,4,11H2,(H2,10,12). The van der Waals surface area contributed by atoms with E-state index in [2.05, 4.69) is 5.10 Å². The zero-order valence-corrected chi connectivity index (χ0v) is 9.66. The molecule has 1 aromatic carbocycles. The maximum absolute atomic E-state index is 10.7. The van der Waals surface area contributed by atoms with Crippen LogP contribution in [0.1, 0.15) is 5.56 Å². The van der Waals surface area contributed by atoms with Crippen LogP contribution in [-0.2, 0) is 5.75 Å². The molecule has 0 aliphatic carbocycles. The number of hydrogen-bond donors (Lipinski definition) is 2. The van der Waals surface area contributed by atoms with Gasteiger partial charge in [-0.25, -0.2) is 0 Å². The van der Waals surface area contributed by atoms with Crippen molar-refractivity contribution in [3.63, 3.8) is 0 Å². The van der Waals surface area contributed by atoms with E-state index in [0.29, 0.717) is 16.3 Å². The lowest BCUT2D eigenvalue weighted by atomic mass is 10.2. The van der Waals surface area contributed by atoms with Gasteiger partial charge in [0.1, 0.15) is 0 Å². The Morgan fingerprint density at radius 3 is 2.88 bits per heavy atom. The topological polar surface area (TPSA) is 108 Å². The summed E-state index contributed by atoms with van der Waals surface area (Å²) in [6, 6.07) is 4.35. The normalized spacial score (nSPS) is 11.4. The number of nitro groups is 1. The molecule has 0 aliphatic heterocycles. The molecule has 0 aromatic heterocycles. The first-order valence-electron chi connectivity index (χ1n) is 4.13. The molecule has 1 aromatic rings. The summed E-state index contributed by atoms with van der Waals surface area (Å²) in [4.78, 5) is 10.2. The molecule has 6 nitrogen and oxygen atoms in total. The van der Waals surface area contributed by atoms with Crippen molar-refractivity contribution in [2.24, 2.45) is 16.7 Å². The first kappa shape index (κ1) is 12.6. The Labute approximate surface area is 101 Å². The number of halogens is 1. The van der Waals surface area contributed by atoms with Crippen LogP contribution in [0.2, 0.25) is 5.02 Å². The van der Waals surface area contributed by atoms with E-state index in [0.717, 1.165) is 11.8 Å². The van der Waals surface area contributed by atoms with E-state index >= 15 is 0 Å².